The Morgan fingerprint density at radius 3 is 2.80 bits per heavy atom. The van der Waals surface area contributed by atoms with E-state index in [1.54, 1.807) is 13.0 Å². The number of aryl methyl sites for hydroxylation is 1. The zero-order valence-corrected chi connectivity index (χ0v) is 8.47. The van der Waals surface area contributed by atoms with Crippen molar-refractivity contribution in [3.63, 3.8) is 0 Å². The van der Waals surface area contributed by atoms with E-state index >= 15 is 0 Å². The molecule has 0 radical (unpaired) electrons. The van der Waals surface area contributed by atoms with Gasteiger partial charge in [0.25, 0.3) is 0 Å². The predicted molar refractivity (Wildman–Crippen MR) is 56.1 cm³/mol. The normalized spacial score (nSPS) is 19.8. The van der Waals surface area contributed by atoms with Gasteiger partial charge in [-0.2, -0.15) is 0 Å². The van der Waals surface area contributed by atoms with E-state index < -0.39 is 0 Å². The number of nitrogens with two attached hydrogens (primary N) is 2. The van der Waals surface area contributed by atoms with Crippen molar-refractivity contribution < 1.29 is 4.79 Å². The van der Waals surface area contributed by atoms with Crippen LogP contribution in [0.4, 0.5) is 11.6 Å². The van der Waals surface area contributed by atoms with Gasteiger partial charge in [0.05, 0.1) is 0 Å². The Kier molecular flexibility index (Phi) is 2.18. The van der Waals surface area contributed by atoms with E-state index in [4.69, 9.17) is 11.5 Å². The molecule has 1 aromatic heterocycles. The molecule has 1 aliphatic heterocycles. The van der Waals surface area contributed by atoms with Crippen LogP contribution in [-0.2, 0) is 4.79 Å². The molecule has 80 valence electrons. The number of hydrogen-bond donors (Lipinski definition) is 2. The second kappa shape index (κ2) is 3.38. The van der Waals surface area contributed by atoms with Crippen LogP contribution in [0.2, 0.25) is 0 Å². The van der Waals surface area contributed by atoms with Crippen LogP contribution in [0.3, 0.4) is 0 Å². The molecule has 6 nitrogen and oxygen atoms in total. The van der Waals surface area contributed by atoms with Crippen molar-refractivity contribution >= 4 is 17.5 Å². The van der Waals surface area contributed by atoms with Crippen molar-refractivity contribution in [2.45, 2.75) is 19.4 Å². The summed E-state index contributed by atoms with van der Waals surface area (Å²) in [6.07, 6.45) is 0.776. The predicted octanol–water partition coefficient (Wildman–Crippen LogP) is -0.569. The molecular formula is C9H13N5O. The molecule has 0 saturated carbocycles. The highest BCUT2D eigenvalue weighted by Gasteiger charge is 2.33. The van der Waals surface area contributed by atoms with Crippen molar-refractivity contribution in [3.8, 4) is 0 Å². The standard InChI is InChI=1S/C9H13N5O/c1-5-12-7(10)4-8(13-5)14-3-2-6(14)9(11)15/h4,6H,2-3H2,1H3,(H2,11,15)(H2,10,12,13). The molecule has 1 saturated heterocycles. The lowest BCUT2D eigenvalue weighted by atomic mass is 10.0. The number of nitrogens with zero attached hydrogens (tertiary/aromatic N) is 3. The van der Waals surface area contributed by atoms with Crippen LogP contribution in [0.1, 0.15) is 12.2 Å². The highest BCUT2D eigenvalue weighted by atomic mass is 16.1. The molecule has 0 bridgehead atoms. The third kappa shape index (κ3) is 1.70. The van der Waals surface area contributed by atoms with E-state index in [0.717, 1.165) is 13.0 Å². The number of amides is 1. The Labute approximate surface area is 87.3 Å². The van der Waals surface area contributed by atoms with E-state index in [0.29, 0.717) is 17.5 Å². The van der Waals surface area contributed by atoms with Crippen LogP contribution in [0.5, 0.6) is 0 Å². The van der Waals surface area contributed by atoms with Crippen LogP contribution in [0.25, 0.3) is 0 Å². The fourth-order valence-corrected chi connectivity index (χ4v) is 1.68. The first-order valence-electron chi connectivity index (χ1n) is 4.75. The SMILES string of the molecule is Cc1nc(N)cc(N2CCC2C(N)=O)n1. The average Bonchev–Trinajstić information content (AvgIpc) is 1.97. The van der Waals surface area contributed by atoms with E-state index in [1.165, 1.54) is 0 Å². The first kappa shape index (κ1) is 9.70. The van der Waals surface area contributed by atoms with Gasteiger partial charge in [-0.05, 0) is 13.3 Å². The second-order valence-electron chi connectivity index (χ2n) is 3.60. The lowest BCUT2D eigenvalue weighted by Gasteiger charge is -2.39. The lowest BCUT2D eigenvalue weighted by molar-refractivity contribution is -0.120. The molecule has 1 atom stereocenters. The summed E-state index contributed by atoms with van der Waals surface area (Å²) in [5.74, 6) is 1.36. The van der Waals surface area contributed by atoms with Crippen LogP contribution < -0.4 is 16.4 Å². The van der Waals surface area contributed by atoms with Crippen molar-refractivity contribution in [2.75, 3.05) is 17.2 Å². The number of aromatic nitrogens is 2. The highest BCUT2D eigenvalue weighted by molar-refractivity contribution is 5.85. The van der Waals surface area contributed by atoms with Gasteiger partial charge in [-0.25, -0.2) is 9.97 Å². The minimum absolute atomic E-state index is 0.251. The molecule has 1 aliphatic rings. The number of anilines is 2. The number of nitrogen functional groups attached to an aromatic ring is 1. The summed E-state index contributed by atoms with van der Waals surface area (Å²) in [7, 11) is 0. The summed E-state index contributed by atoms with van der Waals surface area (Å²) in [4.78, 5) is 21.1. The van der Waals surface area contributed by atoms with Gasteiger partial charge in [0.1, 0.15) is 23.5 Å². The van der Waals surface area contributed by atoms with Crippen LogP contribution >= 0.6 is 0 Å². The Morgan fingerprint density at radius 1 is 1.60 bits per heavy atom. The molecule has 15 heavy (non-hydrogen) atoms. The molecule has 0 spiro atoms. The molecule has 4 N–H and O–H groups in total. The number of carbonyl (C=O) groups is 1. The van der Waals surface area contributed by atoms with Crippen LogP contribution in [0, 0.1) is 6.92 Å². The molecule has 1 amide bonds. The molecule has 6 heteroatoms. The van der Waals surface area contributed by atoms with Crippen LogP contribution in [0.15, 0.2) is 6.07 Å². The molecule has 2 heterocycles. The molecule has 1 aromatic rings. The van der Waals surface area contributed by atoms with Gasteiger partial charge in [0.15, 0.2) is 0 Å². The van der Waals surface area contributed by atoms with Gasteiger partial charge in [0, 0.05) is 12.6 Å². The molecule has 1 unspecified atom stereocenters. The fraction of sp³-hybridized carbons (Fsp3) is 0.444. The summed E-state index contributed by atoms with van der Waals surface area (Å²) in [5.41, 5.74) is 10.8. The number of primary amides is 1. The summed E-state index contributed by atoms with van der Waals surface area (Å²) in [5, 5.41) is 0. The minimum atomic E-state index is -0.323. The van der Waals surface area contributed by atoms with Gasteiger partial charge >= 0.3 is 0 Å². The number of hydrogen-bond acceptors (Lipinski definition) is 5. The monoisotopic (exact) mass is 207 g/mol. The quantitative estimate of drug-likeness (QED) is 0.676. The summed E-state index contributed by atoms with van der Waals surface area (Å²) < 4.78 is 0. The zero-order chi connectivity index (χ0) is 11.0. The van der Waals surface area contributed by atoms with Gasteiger partial charge in [-0.1, -0.05) is 0 Å². The summed E-state index contributed by atoms with van der Waals surface area (Å²) >= 11 is 0. The van der Waals surface area contributed by atoms with Gasteiger partial charge in [-0.15, -0.1) is 0 Å². The van der Waals surface area contributed by atoms with Crippen molar-refractivity contribution in [2.24, 2.45) is 5.73 Å². The Hall–Kier alpha value is -1.85. The van der Waals surface area contributed by atoms with Crippen molar-refractivity contribution in [3.05, 3.63) is 11.9 Å². The number of rotatable bonds is 2. The smallest absolute Gasteiger partial charge is 0.240 e. The van der Waals surface area contributed by atoms with E-state index in [2.05, 4.69) is 9.97 Å². The van der Waals surface area contributed by atoms with E-state index in [-0.39, 0.29) is 11.9 Å². The summed E-state index contributed by atoms with van der Waals surface area (Å²) in [6.45, 7) is 2.54. The Balaban J connectivity index is 2.26. The molecule has 1 fully saturated rings. The van der Waals surface area contributed by atoms with E-state index in [1.807, 2.05) is 4.90 Å². The number of carbonyl (C=O) groups excluding carboxylic acids is 1. The van der Waals surface area contributed by atoms with Crippen molar-refractivity contribution in [1.82, 2.24) is 9.97 Å². The maximum atomic E-state index is 11.0. The second-order valence-corrected chi connectivity index (χ2v) is 3.60. The largest absolute Gasteiger partial charge is 0.384 e. The van der Waals surface area contributed by atoms with Gasteiger partial charge in [0.2, 0.25) is 5.91 Å². The highest BCUT2D eigenvalue weighted by Crippen LogP contribution is 2.25. The molecular weight excluding hydrogens is 194 g/mol. The lowest BCUT2D eigenvalue weighted by Crippen LogP contribution is -2.55. The zero-order valence-electron chi connectivity index (χ0n) is 8.47. The van der Waals surface area contributed by atoms with Gasteiger partial charge in [-0.3, -0.25) is 4.79 Å². The summed E-state index contributed by atoms with van der Waals surface area (Å²) in [6, 6.07) is 1.40. The Morgan fingerprint density at radius 2 is 2.33 bits per heavy atom. The average molecular weight is 207 g/mol. The molecule has 0 aliphatic carbocycles. The fourth-order valence-electron chi connectivity index (χ4n) is 1.68. The first-order chi connectivity index (χ1) is 7.08. The topological polar surface area (TPSA) is 98.1 Å². The molecule has 2 rings (SSSR count). The first-order valence-corrected chi connectivity index (χ1v) is 4.75. The Bertz CT molecular complexity index is 385. The van der Waals surface area contributed by atoms with Crippen molar-refractivity contribution in [1.29, 1.82) is 0 Å². The van der Waals surface area contributed by atoms with E-state index in [9.17, 15) is 4.79 Å². The molecule has 0 aromatic carbocycles. The minimum Gasteiger partial charge on any atom is -0.384 e. The van der Waals surface area contributed by atoms with Crippen LogP contribution in [-0.4, -0.2) is 28.5 Å². The van der Waals surface area contributed by atoms with Gasteiger partial charge < -0.3 is 16.4 Å². The maximum absolute atomic E-state index is 11.0. The third-order valence-electron chi connectivity index (χ3n) is 2.49. The maximum Gasteiger partial charge on any atom is 0.240 e. The third-order valence-corrected chi connectivity index (χ3v) is 2.49.